The third kappa shape index (κ3) is 10.2. The van der Waals surface area contributed by atoms with Crippen molar-refractivity contribution in [2.24, 2.45) is 0 Å². The Labute approximate surface area is 107 Å². The lowest BCUT2D eigenvalue weighted by Crippen LogP contribution is -2.10. The van der Waals surface area contributed by atoms with Crippen LogP contribution in [-0.4, -0.2) is 25.2 Å². The maximum Gasteiger partial charge on any atom is 0.330 e. The van der Waals surface area contributed by atoms with Gasteiger partial charge in [-0.1, -0.05) is 49.6 Å². The molecule has 0 N–H and O–H groups in total. The fourth-order valence-electron chi connectivity index (χ4n) is 0.787. The maximum atomic E-state index is 10.4. The van der Waals surface area contributed by atoms with Crippen LogP contribution in [0.25, 0.3) is 0 Å². The van der Waals surface area contributed by atoms with Crippen LogP contribution in [0.2, 0.25) is 0 Å². The van der Waals surface area contributed by atoms with Gasteiger partial charge < -0.3 is 9.47 Å². The molecule has 0 atom stereocenters. The third-order valence-corrected chi connectivity index (χ3v) is 1.57. The lowest BCUT2D eigenvalue weighted by molar-refractivity contribution is -0.146. The first-order chi connectivity index (χ1) is 8.70. The second-order valence-electron chi connectivity index (χ2n) is 2.90. The van der Waals surface area contributed by atoms with Crippen LogP contribution >= 0.6 is 0 Å². The number of esters is 2. The molecule has 0 saturated carbocycles. The van der Waals surface area contributed by atoms with E-state index in [4.69, 9.17) is 0 Å². The molecule has 0 spiro atoms. The highest BCUT2D eigenvalue weighted by Gasteiger charge is 1.97. The first-order valence-corrected chi connectivity index (χ1v) is 5.29. The Morgan fingerprint density at radius 3 is 1.28 bits per heavy atom. The molecule has 0 saturated heterocycles. The number of ether oxygens (including phenoxy) is 2. The van der Waals surface area contributed by atoms with Crippen molar-refractivity contribution in [3.63, 3.8) is 0 Å². The van der Waals surface area contributed by atoms with Gasteiger partial charge in [-0.3, -0.25) is 0 Å². The molecule has 0 aliphatic carbocycles. The molecule has 0 aliphatic heterocycles. The van der Waals surface area contributed by atoms with Gasteiger partial charge in [0, 0.05) is 12.2 Å². The Hall–Kier alpha value is -2.36. The second kappa shape index (κ2) is 11.1. The fraction of sp³-hybridized carbons (Fsp3) is 0.143. The van der Waals surface area contributed by atoms with Gasteiger partial charge in [-0.15, -0.1) is 0 Å². The van der Waals surface area contributed by atoms with Gasteiger partial charge in [0.15, 0.2) is 0 Å². The van der Waals surface area contributed by atoms with Crippen molar-refractivity contribution in [3.05, 3.63) is 61.7 Å². The zero-order chi connectivity index (χ0) is 13.6. The van der Waals surface area contributed by atoms with Crippen LogP contribution in [0, 0.1) is 0 Å². The van der Waals surface area contributed by atoms with Crippen molar-refractivity contribution in [3.8, 4) is 0 Å². The van der Waals surface area contributed by atoms with E-state index in [1.54, 1.807) is 0 Å². The van der Waals surface area contributed by atoms with Crippen LogP contribution in [0.1, 0.15) is 0 Å². The zero-order valence-corrected chi connectivity index (χ0v) is 10.1. The van der Waals surface area contributed by atoms with E-state index in [1.807, 2.05) is 36.4 Å². The normalized spacial score (nSPS) is 8.22. The molecule has 0 aromatic heterocycles. The Kier molecular flexibility index (Phi) is 9.68. The summed E-state index contributed by atoms with van der Waals surface area (Å²) in [5.41, 5.74) is 0. The number of hydrogen-bond acceptors (Lipinski definition) is 4. The van der Waals surface area contributed by atoms with Crippen LogP contribution in [0.5, 0.6) is 0 Å². The molecule has 1 rings (SSSR count). The molecule has 18 heavy (non-hydrogen) atoms. The predicted octanol–water partition coefficient (Wildman–Crippen LogP) is 2.13. The van der Waals surface area contributed by atoms with Crippen LogP contribution in [0.3, 0.4) is 0 Å². The number of benzene rings is 1. The second-order valence-corrected chi connectivity index (χ2v) is 2.90. The lowest BCUT2D eigenvalue weighted by Gasteiger charge is -2.01. The van der Waals surface area contributed by atoms with Crippen LogP contribution in [0.4, 0.5) is 0 Å². The van der Waals surface area contributed by atoms with E-state index in [1.165, 1.54) is 0 Å². The van der Waals surface area contributed by atoms with Crippen molar-refractivity contribution in [2.75, 3.05) is 13.2 Å². The zero-order valence-electron chi connectivity index (χ0n) is 10.1. The summed E-state index contributed by atoms with van der Waals surface area (Å²) in [6.45, 7) is 6.45. The summed E-state index contributed by atoms with van der Waals surface area (Å²) >= 11 is 0. The van der Waals surface area contributed by atoms with Crippen molar-refractivity contribution in [1.82, 2.24) is 0 Å². The molecular formula is C14H16O4. The first kappa shape index (κ1) is 15.6. The van der Waals surface area contributed by atoms with Crippen LogP contribution < -0.4 is 0 Å². The SMILES string of the molecule is C=CC(=O)OCCOC(=O)C=C.c1ccccc1. The van der Waals surface area contributed by atoms with Gasteiger partial charge in [0.1, 0.15) is 13.2 Å². The summed E-state index contributed by atoms with van der Waals surface area (Å²) in [5, 5.41) is 0. The molecule has 0 heterocycles. The van der Waals surface area contributed by atoms with E-state index in [9.17, 15) is 9.59 Å². The van der Waals surface area contributed by atoms with Gasteiger partial charge >= 0.3 is 11.9 Å². The van der Waals surface area contributed by atoms with Gasteiger partial charge in [0.25, 0.3) is 0 Å². The Morgan fingerprint density at radius 1 is 0.778 bits per heavy atom. The topological polar surface area (TPSA) is 52.6 Å². The third-order valence-electron chi connectivity index (χ3n) is 1.57. The summed E-state index contributed by atoms with van der Waals surface area (Å²) in [7, 11) is 0. The van der Waals surface area contributed by atoms with Crippen molar-refractivity contribution >= 4 is 11.9 Å². The van der Waals surface area contributed by atoms with E-state index in [0.717, 1.165) is 12.2 Å². The minimum atomic E-state index is -0.537. The molecule has 0 radical (unpaired) electrons. The van der Waals surface area contributed by atoms with Gasteiger partial charge in [-0.05, 0) is 0 Å². The molecule has 0 fully saturated rings. The molecule has 1 aromatic carbocycles. The van der Waals surface area contributed by atoms with Gasteiger partial charge in [0.2, 0.25) is 0 Å². The molecule has 96 valence electrons. The smallest absolute Gasteiger partial charge is 0.330 e. The average Bonchev–Trinajstić information content (AvgIpc) is 2.45. The van der Waals surface area contributed by atoms with E-state index < -0.39 is 11.9 Å². The Morgan fingerprint density at radius 2 is 1.06 bits per heavy atom. The van der Waals surface area contributed by atoms with Crippen molar-refractivity contribution < 1.29 is 19.1 Å². The summed E-state index contributed by atoms with van der Waals surface area (Å²) in [4.78, 5) is 20.9. The highest BCUT2D eigenvalue weighted by molar-refractivity contribution is 5.81. The van der Waals surface area contributed by atoms with Crippen molar-refractivity contribution in [2.45, 2.75) is 0 Å². The Balaban J connectivity index is 0.000000397. The number of rotatable bonds is 5. The summed E-state index contributed by atoms with van der Waals surface area (Å²) in [6, 6.07) is 12.0. The quantitative estimate of drug-likeness (QED) is 0.455. The molecule has 0 bridgehead atoms. The van der Waals surface area contributed by atoms with Crippen LogP contribution in [-0.2, 0) is 19.1 Å². The number of carbonyl (C=O) groups excluding carboxylic acids is 2. The van der Waals surface area contributed by atoms with Gasteiger partial charge in [-0.25, -0.2) is 9.59 Å². The highest BCUT2D eigenvalue weighted by atomic mass is 16.6. The largest absolute Gasteiger partial charge is 0.459 e. The molecule has 1 aromatic rings. The average molecular weight is 248 g/mol. The molecule has 0 aliphatic rings. The summed E-state index contributed by atoms with van der Waals surface area (Å²) in [5.74, 6) is -1.07. The molecular weight excluding hydrogens is 232 g/mol. The van der Waals surface area contributed by atoms with Gasteiger partial charge in [-0.2, -0.15) is 0 Å². The number of carbonyl (C=O) groups is 2. The fourth-order valence-corrected chi connectivity index (χ4v) is 0.787. The monoisotopic (exact) mass is 248 g/mol. The molecule has 4 nitrogen and oxygen atoms in total. The Bertz CT molecular complexity index is 322. The molecule has 4 heteroatoms. The maximum absolute atomic E-state index is 10.4. The van der Waals surface area contributed by atoms with E-state index in [2.05, 4.69) is 22.6 Å². The van der Waals surface area contributed by atoms with Crippen LogP contribution in [0.15, 0.2) is 61.7 Å². The minimum Gasteiger partial charge on any atom is -0.459 e. The highest BCUT2D eigenvalue weighted by Crippen LogP contribution is 1.83. The van der Waals surface area contributed by atoms with E-state index >= 15 is 0 Å². The minimum absolute atomic E-state index is 0.0322. The first-order valence-electron chi connectivity index (χ1n) is 5.29. The lowest BCUT2D eigenvalue weighted by atomic mass is 10.4. The van der Waals surface area contributed by atoms with E-state index in [0.29, 0.717) is 0 Å². The number of hydrogen-bond donors (Lipinski definition) is 0. The van der Waals surface area contributed by atoms with Gasteiger partial charge in [0.05, 0.1) is 0 Å². The summed E-state index contributed by atoms with van der Waals surface area (Å²) in [6.07, 6.45) is 2.07. The van der Waals surface area contributed by atoms with E-state index in [-0.39, 0.29) is 13.2 Å². The molecule has 0 amide bonds. The predicted molar refractivity (Wildman–Crippen MR) is 68.8 cm³/mol. The molecule has 0 unspecified atom stereocenters. The summed E-state index contributed by atoms with van der Waals surface area (Å²) < 4.78 is 9.04. The standard InChI is InChI=1S/C8H10O4.C6H6/c1-3-7(9)11-5-6-12-8(10)4-2;1-2-4-6-5-3-1/h3-4H,1-2,5-6H2;1-6H. The van der Waals surface area contributed by atoms with Crippen molar-refractivity contribution in [1.29, 1.82) is 0 Å².